The van der Waals surface area contributed by atoms with Crippen molar-refractivity contribution in [2.24, 2.45) is 17.3 Å². The van der Waals surface area contributed by atoms with Crippen molar-refractivity contribution in [2.75, 3.05) is 7.11 Å². The van der Waals surface area contributed by atoms with Gasteiger partial charge >= 0.3 is 5.97 Å². The van der Waals surface area contributed by atoms with E-state index in [9.17, 15) is 14.9 Å². The summed E-state index contributed by atoms with van der Waals surface area (Å²) in [6, 6.07) is 19.5. The largest absolute Gasteiger partial charge is 0.501 e. The smallest absolute Gasteiger partial charge is 0.311 e. The number of benzene rings is 2. The van der Waals surface area contributed by atoms with Crippen LogP contribution in [0.2, 0.25) is 0 Å². The number of ether oxygens (including phenoxy) is 3. The highest BCUT2D eigenvalue weighted by Gasteiger charge is 2.65. The molecule has 0 spiro atoms. The van der Waals surface area contributed by atoms with Crippen molar-refractivity contribution >= 4 is 11.8 Å². The van der Waals surface area contributed by atoms with E-state index in [1.807, 2.05) is 50.2 Å². The Hall–Kier alpha value is -4.10. The molecule has 162 valence electrons. The zero-order chi connectivity index (χ0) is 23.3. The Kier molecular flexibility index (Phi) is 6.61. The van der Waals surface area contributed by atoms with Crippen molar-refractivity contribution in [1.82, 2.24) is 0 Å². The molecule has 0 bridgehead atoms. The minimum atomic E-state index is -1.13. The summed E-state index contributed by atoms with van der Waals surface area (Å²) in [5.41, 5.74) is -0.0705. The number of allylic oxidation sites excluding steroid dienone is 2. The molecule has 1 aliphatic rings. The fourth-order valence-corrected chi connectivity index (χ4v) is 3.77. The van der Waals surface area contributed by atoms with Crippen LogP contribution in [0.5, 0.6) is 11.5 Å². The summed E-state index contributed by atoms with van der Waals surface area (Å²) in [5, 5.41) is 18.4. The molecule has 7 nitrogen and oxygen atoms in total. The topological polar surface area (TPSA) is 109 Å². The molecular formula is C25H22N2O5. The summed E-state index contributed by atoms with van der Waals surface area (Å²) >= 11 is 0. The quantitative estimate of drug-likeness (QED) is 0.263. The van der Waals surface area contributed by atoms with Gasteiger partial charge in [-0.2, -0.15) is 10.5 Å². The second-order valence-electron chi connectivity index (χ2n) is 7.94. The van der Waals surface area contributed by atoms with Gasteiger partial charge in [0.1, 0.15) is 29.4 Å². The van der Waals surface area contributed by atoms with Gasteiger partial charge in [0.05, 0.1) is 13.0 Å². The summed E-state index contributed by atoms with van der Waals surface area (Å²) in [7, 11) is 1.38. The molecule has 0 amide bonds. The van der Waals surface area contributed by atoms with E-state index in [4.69, 9.17) is 19.5 Å². The lowest BCUT2D eigenvalue weighted by atomic mass is 10.1. The molecule has 7 heteroatoms. The molecule has 32 heavy (non-hydrogen) atoms. The van der Waals surface area contributed by atoms with Crippen molar-refractivity contribution in [2.45, 2.75) is 20.0 Å². The summed E-state index contributed by atoms with van der Waals surface area (Å²) in [6.45, 7) is 3.67. The van der Waals surface area contributed by atoms with Gasteiger partial charge in [-0.15, -0.1) is 0 Å². The molecule has 3 atom stereocenters. The molecule has 0 heterocycles. The van der Waals surface area contributed by atoms with Crippen molar-refractivity contribution in [3.05, 3.63) is 72.0 Å². The summed E-state index contributed by atoms with van der Waals surface area (Å²) < 4.78 is 16.6. The normalized spacial score (nSPS) is 19.6. The third-order valence-corrected chi connectivity index (χ3v) is 5.50. The number of carbonyl (C=O) groups excluding carboxylic acids is 2. The molecule has 0 radical (unpaired) electrons. The second kappa shape index (κ2) is 9.36. The lowest BCUT2D eigenvalue weighted by molar-refractivity contribution is -0.149. The monoisotopic (exact) mass is 430 g/mol. The SMILES string of the molecule is CO/C(=C\C(=O)C#N)[C@H]1[C@@H](C(=O)O[C@H](C#N)c2cccc(Oc3ccccc3)c2)C1(C)C. The molecule has 1 saturated carbocycles. The maximum Gasteiger partial charge on any atom is 0.311 e. The Morgan fingerprint density at radius 1 is 1.03 bits per heavy atom. The van der Waals surface area contributed by atoms with Crippen molar-refractivity contribution in [3.63, 3.8) is 0 Å². The predicted molar refractivity (Wildman–Crippen MR) is 114 cm³/mol. The van der Waals surface area contributed by atoms with Gasteiger partial charge in [0, 0.05) is 17.6 Å². The fourth-order valence-electron chi connectivity index (χ4n) is 3.77. The van der Waals surface area contributed by atoms with Gasteiger partial charge < -0.3 is 14.2 Å². The van der Waals surface area contributed by atoms with Crippen LogP contribution < -0.4 is 4.74 Å². The van der Waals surface area contributed by atoms with Gasteiger partial charge in [-0.3, -0.25) is 9.59 Å². The zero-order valence-corrected chi connectivity index (χ0v) is 17.9. The first-order valence-electron chi connectivity index (χ1n) is 9.94. The number of esters is 1. The van der Waals surface area contributed by atoms with E-state index in [1.54, 1.807) is 24.3 Å². The maximum atomic E-state index is 12.9. The van der Waals surface area contributed by atoms with Gasteiger partial charge in [-0.05, 0) is 29.7 Å². The van der Waals surface area contributed by atoms with Crippen LogP contribution in [0.25, 0.3) is 0 Å². The van der Waals surface area contributed by atoms with E-state index >= 15 is 0 Å². The molecule has 0 N–H and O–H groups in total. The summed E-state index contributed by atoms with van der Waals surface area (Å²) in [6.07, 6.45) is -0.0409. The lowest BCUT2D eigenvalue weighted by Gasteiger charge is -2.13. The molecular weight excluding hydrogens is 408 g/mol. The van der Waals surface area contributed by atoms with Crippen molar-refractivity contribution in [1.29, 1.82) is 10.5 Å². The maximum absolute atomic E-state index is 12.9. The predicted octanol–water partition coefficient (Wildman–Crippen LogP) is 4.48. The Morgan fingerprint density at radius 2 is 1.72 bits per heavy atom. The minimum Gasteiger partial charge on any atom is -0.501 e. The molecule has 2 aromatic rings. The van der Waals surface area contributed by atoms with Gasteiger partial charge in [-0.25, -0.2) is 0 Å². The fraction of sp³-hybridized carbons (Fsp3) is 0.280. The average molecular weight is 430 g/mol. The van der Waals surface area contributed by atoms with Crippen LogP contribution in [0.1, 0.15) is 25.5 Å². The van der Waals surface area contributed by atoms with E-state index in [-0.39, 0.29) is 5.76 Å². The Labute approximate surface area is 186 Å². The van der Waals surface area contributed by atoms with Crippen LogP contribution >= 0.6 is 0 Å². The highest BCUT2D eigenvalue weighted by Crippen LogP contribution is 2.62. The van der Waals surface area contributed by atoms with Crippen molar-refractivity contribution in [3.8, 4) is 23.6 Å². The van der Waals surface area contributed by atoms with E-state index in [2.05, 4.69) is 0 Å². The number of nitrogens with zero attached hydrogens (tertiary/aromatic N) is 2. The second-order valence-corrected chi connectivity index (χ2v) is 7.94. The number of nitriles is 2. The van der Waals surface area contributed by atoms with Crippen LogP contribution in [-0.4, -0.2) is 18.9 Å². The summed E-state index contributed by atoms with van der Waals surface area (Å²) in [5.74, 6) is -0.979. The van der Waals surface area contributed by atoms with Crippen LogP contribution in [0.15, 0.2) is 66.4 Å². The van der Waals surface area contributed by atoms with Crippen LogP contribution in [0.4, 0.5) is 0 Å². The Bertz CT molecular complexity index is 1130. The standard InChI is InChI=1S/C25H22N2O5/c1-25(2)22(20(30-3)13-17(28)14-26)23(25)24(29)32-21(15-27)16-8-7-11-19(12-16)31-18-9-5-4-6-10-18/h4-13,21-23H,1-3H3/b20-13-/t21-,22+,23+/m1/s1. The molecule has 0 saturated heterocycles. The van der Waals surface area contributed by atoms with Crippen LogP contribution in [0, 0.1) is 39.9 Å². The molecule has 0 aromatic heterocycles. The van der Waals surface area contributed by atoms with E-state index in [1.165, 1.54) is 13.2 Å². The summed E-state index contributed by atoms with van der Waals surface area (Å²) in [4.78, 5) is 24.4. The van der Waals surface area contributed by atoms with Crippen LogP contribution in [-0.2, 0) is 19.1 Å². The third kappa shape index (κ3) is 4.79. The highest BCUT2D eigenvalue weighted by atomic mass is 16.5. The van der Waals surface area contributed by atoms with Crippen LogP contribution in [0.3, 0.4) is 0 Å². The number of para-hydroxylation sites is 1. The van der Waals surface area contributed by atoms with Gasteiger partial charge in [0.15, 0.2) is 0 Å². The highest BCUT2D eigenvalue weighted by molar-refractivity contribution is 6.02. The molecule has 1 aliphatic carbocycles. The number of carbonyl (C=O) groups is 2. The van der Waals surface area contributed by atoms with E-state index < -0.39 is 35.1 Å². The van der Waals surface area contributed by atoms with E-state index in [0.717, 1.165) is 6.08 Å². The number of hydrogen-bond acceptors (Lipinski definition) is 7. The van der Waals surface area contributed by atoms with Gasteiger partial charge in [0.2, 0.25) is 6.10 Å². The average Bonchev–Trinajstić information content (AvgIpc) is 3.37. The first kappa shape index (κ1) is 22.6. The molecule has 2 aromatic carbocycles. The number of hydrogen-bond donors (Lipinski definition) is 0. The third-order valence-electron chi connectivity index (χ3n) is 5.50. The van der Waals surface area contributed by atoms with E-state index in [0.29, 0.717) is 17.1 Å². The van der Waals surface area contributed by atoms with Crippen molar-refractivity contribution < 1.29 is 23.8 Å². The lowest BCUT2D eigenvalue weighted by Crippen LogP contribution is -2.15. The van der Waals surface area contributed by atoms with Gasteiger partial charge in [-0.1, -0.05) is 44.2 Å². The zero-order valence-electron chi connectivity index (χ0n) is 17.9. The molecule has 0 unspecified atom stereocenters. The molecule has 0 aliphatic heterocycles. The Balaban J connectivity index is 1.75. The first-order chi connectivity index (χ1) is 15.3. The molecule has 1 fully saturated rings. The molecule has 3 rings (SSSR count). The minimum absolute atomic E-state index is 0.246. The Morgan fingerprint density at radius 3 is 2.34 bits per heavy atom. The number of rotatable bonds is 8. The number of methoxy groups -OCH3 is 1. The number of ketones is 1. The van der Waals surface area contributed by atoms with Gasteiger partial charge in [0.25, 0.3) is 5.78 Å². The first-order valence-corrected chi connectivity index (χ1v) is 9.94.